The van der Waals surface area contributed by atoms with Crippen molar-refractivity contribution in [3.63, 3.8) is 0 Å². The predicted octanol–water partition coefficient (Wildman–Crippen LogP) is 4.97. The Morgan fingerprint density at radius 1 is 1.05 bits per heavy atom. The highest BCUT2D eigenvalue weighted by atomic mass is 35.5. The Balaban J connectivity index is 1.67. The zero-order valence-corrected chi connectivity index (χ0v) is 13.1. The summed E-state index contributed by atoms with van der Waals surface area (Å²) < 4.78 is 5.80. The van der Waals surface area contributed by atoms with Gasteiger partial charge in [-0.25, -0.2) is 0 Å². The molecule has 1 aliphatic carbocycles. The number of halogens is 2. The largest absolute Gasteiger partial charge is 0.493 e. The lowest BCUT2D eigenvalue weighted by molar-refractivity contribution is 0.350. The van der Waals surface area contributed by atoms with Crippen LogP contribution in [-0.4, -0.2) is 6.61 Å². The van der Waals surface area contributed by atoms with Crippen molar-refractivity contribution in [1.82, 2.24) is 0 Å². The van der Waals surface area contributed by atoms with E-state index in [4.69, 9.17) is 27.9 Å². The summed E-state index contributed by atoms with van der Waals surface area (Å²) in [6.45, 7) is 0.733. The molecule has 2 aliphatic rings. The first-order valence-electron chi connectivity index (χ1n) is 7.38. The third-order valence-corrected chi connectivity index (χ3v) is 5.38. The Bertz CT molecular complexity index is 671. The lowest BCUT2D eigenvalue weighted by atomic mass is 9.94. The quantitative estimate of drug-likeness (QED) is 0.710. The first-order chi connectivity index (χ1) is 10.2. The first kappa shape index (κ1) is 13.5. The second-order valence-corrected chi connectivity index (χ2v) is 6.83. The van der Waals surface area contributed by atoms with E-state index in [1.54, 1.807) is 0 Å². The Labute approximate surface area is 134 Å². The smallest absolute Gasteiger partial charge is 0.127 e. The summed E-state index contributed by atoms with van der Waals surface area (Å²) in [6, 6.07) is 12.6. The molecule has 2 aromatic carbocycles. The molecule has 0 saturated carbocycles. The van der Waals surface area contributed by atoms with Crippen LogP contribution in [0.15, 0.2) is 36.4 Å². The molecule has 108 valence electrons. The maximum absolute atomic E-state index is 6.82. The van der Waals surface area contributed by atoms with Crippen LogP contribution in [0, 0.1) is 5.92 Å². The number of fused-ring (bicyclic) bond motifs is 2. The minimum atomic E-state index is -0.0528. The summed E-state index contributed by atoms with van der Waals surface area (Å²) in [5.41, 5.74) is 5.11. The molecule has 2 aromatic rings. The molecule has 0 amide bonds. The van der Waals surface area contributed by atoms with Crippen molar-refractivity contribution in [3.8, 4) is 5.75 Å². The lowest BCUT2D eigenvalue weighted by Crippen LogP contribution is -2.09. The number of rotatable bonds is 2. The second kappa shape index (κ2) is 5.23. The van der Waals surface area contributed by atoms with E-state index >= 15 is 0 Å². The zero-order chi connectivity index (χ0) is 14.4. The summed E-state index contributed by atoms with van der Waals surface area (Å²) in [5, 5.41) is 0.707. The van der Waals surface area contributed by atoms with Gasteiger partial charge in [-0.3, -0.25) is 0 Å². The average molecular weight is 319 g/mol. The van der Waals surface area contributed by atoms with E-state index in [-0.39, 0.29) is 5.38 Å². The van der Waals surface area contributed by atoms with E-state index in [1.807, 2.05) is 12.1 Å². The number of ether oxygens (including phenoxy) is 1. The van der Waals surface area contributed by atoms with Gasteiger partial charge in [0.25, 0.3) is 0 Å². The number of hydrogen-bond donors (Lipinski definition) is 0. The van der Waals surface area contributed by atoms with Gasteiger partial charge in [-0.05, 0) is 47.6 Å². The molecule has 1 heterocycles. The summed E-state index contributed by atoms with van der Waals surface area (Å²) >= 11 is 13.1. The standard InChI is InChI=1S/C18H16Cl2O/c19-15-9-13-5-6-21-18(13)16(10-15)17(20)14-7-11-3-1-2-4-12(11)8-14/h1-4,9-10,14,17H,5-8H2. The van der Waals surface area contributed by atoms with Crippen LogP contribution in [0.5, 0.6) is 5.75 Å². The van der Waals surface area contributed by atoms with Crippen LogP contribution >= 0.6 is 23.2 Å². The van der Waals surface area contributed by atoms with E-state index in [0.29, 0.717) is 5.92 Å². The van der Waals surface area contributed by atoms with Gasteiger partial charge in [0.2, 0.25) is 0 Å². The van der Waals surface area contributed by atoms with Gasteiger partial charge in [-0.2, -0.15) is 0 Å². The van der Waals surface area contributed by atoms with Gasteiger partial charge in [0, 0.05) is 17.0 Å². The Morgan fingerprint density at radius 2 is 1.76 bits per heavy atom. The normalized spacial score (nSPS) is 18.2. The van der Waals surface area contributed by atoms with E-state index < -0.39 is 0 Å². The molecule has 0 bridgehead atoms. The van der Waals surface area contributed by atoms with Gasteiger partial charge < -0.3 is 4.74 Å². The van der Waals surface area contributed by atoms with Crippen LogP contribution in [0.4, 0.5) is 0 Å². The summed E-state index contributed by atoms with van der Waals surface area (Å²) in [4.78, 5) is 0. The number of hydrogen-bond acceptors (Lipinski definition) is 1. The Hall–Kier alpha value is -1.18. The SMILES string of the molecule is Clc1cc2c(c(C(Cl)C3Cc4ccccc4C3)c1)OCC2. The molecule has 21 heavy (non-hydrogen) atoms. The van der Waals surface area contributed by atoms with Crippen molar-refractivity contribution in [2.24, 2.45) is 5.92 Å². The molecule has 0 saturated heterocycles. The van der Waals surface area contributed by atoms with Crippen LogP contribution in [-0.2, 0) is 19.3 Å². The van der Waals surface area contributed by atoms with Gasteiger partial charge in [-0.1, -0.05) is 35.9 Å². The van der Waals surface area contributed by atoms with Gasteiger partial charge in [0.1, 0.15) is 5.75 Å². The van der Waals surface area contributed by atoms with Gasteiger partial charge in [0.15, 0.2) is 0 Å². The van der Waals surface area contributed by atoms with E-state index in [9.17, 15) is 0 Å². The summed E-state index contributed by atoms with van der Waals surface area (Å²) in [7, 11) is 0. The minimum absolute atomic E-state index is 0.0528. The molecule has 1 atom stereocenters. The van der Waals surface area contributed by atoms with Crippen molar-refractivity contribution >= 4 is 23.2 Å². The highest BCUT2D eigenvalue weighted by Crippen LogP contribution is 2.45. The van der Waals surface area contributed by atoms with Crippen LogP contribution in [0.3, 0.4) is 0 Å². The highest BCUT2D eigenvalue weighted by Gasteiger charge is 2.31. The third-order valence-electron chi connectivity index (χ3n) is 4.57. The minimum Gasteiger partial charge on any atom is -0.493 e. The molecule has 1 nitrogen and oxygen atoms in total. The predicted molar refractivity (Wildman–Crippen MR) is 86.6 cm³/mol. The van der Waals surface area contributed by atoms with Crippen molar-refractivity contribution < 1.29 is 4.74 Å². The summed E-state index contributed by atoms with van der Waals surface area (Å²) in [6.07, 6.45) is 2.99. The molecule has 1 aliphatic heterocycles. The highest BCUT2D eigenvalue weighted by molar-refractivity contribution is 6.31. The zero-order valence-electron chi connectivity index (χ0n) is 11.6. The molecule has 0 N–H and O–H groups in total. The number of alkyl halides is 1. The molecule has 0 spiro atoms. The topological polar surface area (TPSA) is 9.23 Å². The maximum Gasteiger partial charge on any atom is 0.127 e. The molecular weight excluding hydrogens is 303 g/mol. The van der Waals surface area contributed by atoms with Crippen LogP contribution < -0.4 is 4.74 Å². The van der Waals surface area contributed by atoms with Crippen molar-refractivity contribution in [1.29, 1.82) is 0 Å². The number of benzene rings is 2. The fourth-order valence-corrected chi connectivity index (χ4v) is 4.15. The third kappa shape index (κ3) is 2.33. The van der Waals surface area contributed by atoms with Crippen LogP contribution in [0.2, 0.25) is 5.02 Å². The Kier molecular flexibility index (Phi) is 3.35. The van der Waals surface area contributed by atoms with Gasteiger partial charge in [0.05, 0.1) is 12.0 Å². The molecule has 0 fully saturated rings. The monoisotopic (exact) mass is 318 g/mol. The summed E-state index contributed by atoms with van der Waals surface area (Å²) in [5.74, 6) is 1.38. The molecule has 1 unspecified atom stereocenters. The second-order valence-electron chi connectivity index (χ2n) is 5.92. The van der Waals surface area contributed by atoms with Crippen molar-refractivity contribution in [2.75, 3.05) is 6.61 Å². The Morgan fingerprint density at radius 3 is 2.48 bits per heavy atom. The maximum atomic E-state index is 6.82. The molecule has 0 aromatic heterocycles. The van der Waals surface area contributed by atoms with Crippen molar-refractivity contribution in [3.05, 3.63) is 63.7 Å². The fraction of sp³-hybridized carbons (Fsp3) is 0.333. The van der Waals surface area contributed by atoms with Gasteiger partial charge >= 0.3 is 0 Å². The fourth-order valence-electron chi connectivity index (χ4n) is 3.56. The van der Waals surface area contributed by atoms with E-state index in [2.05, 4.69) is 24.3 Å². The molecule has 0 radical (unpaired) electrons. The van der Waals surface area contributed by atoms with Crippen LogP contribution in [0.25, 0.3) is 0 Å². The van der Waals surface area contributed by atoms with Crippen molar-refractivity contribution in [2.45, 2.75) is 24.6 Å². The van der Waals surface area contributed by atoms with E-state index in [0.717, 1.165) is 42.2 Å². The lowest BCUT2D eigenvalue weighted by Gasteiger charge is -2.20. The first-order valence-corrected chi connectivity index (χ1v) is 8.20. The van der Waals surface area contributed by atoms with Crippen LogP contribution in [0.1, 0.15) is 27.6 Å². The average Bonchev–Trinajstić information content (AvgIpc) is 3.11. The van der Waals surface area contributed by atoms with E-state index in [1.165, 1.54) is 16.7 Å². The van der Waals surface area contributed by atoms with Gasteiger partial charge in [-0.15, -0.1) is 11.6 Å². The molecular formula is C18H16Cl2O. The molecule has 3 heteroatoms. The molecule has 4 rings (SSSR count).